The zero-order chi connectivity index (χ0) is 20.6. The Bertz CT molecular complexity index is 1140. The third-order valence-electron chi connectivity index (χ3n) is 4.80. The van der Waals surface area contributed by atoms with Gasteiger partial charge in [0.1, 0.15) is 13.0 Å². The van der Waals surface area contributed by atoms with E-state index in [0.717, 1.165) is 32.1 Å². The van der Waals surface area contributed by atoms with Gasteiger partial charge < -0.3 is 15.2 Å². The van der Waals surface area contributed by atoms with Crippen LogP contribution in [-0.2, 0) is 4.57 Å². The van der Waals surface area contributed by atoms with Gasteiger partial charge in [-0.3, -0.25) is 4.98 Å². The Morgan fingerprint density at radius 1 is 1.24 bits per heavy atom. The van der Waals surface area contributed by atoms with Crippen LogP contribution in [0.2, 0.25) is 0 Å². The second kappa shape index (κ2) is 7.88. The van der Waals surface area contributed by atoms with Gasteiger partial charge in [0.05, 0.1) is 15.7 Å². The van der Waals surface area contributed by atoms with Gasteiger partial charge in [0.2, 0.25) is 5.95 Å². The van der Waals surface area contributed by atoms with Crippen LogP contribution in [0, 0.1) is 0 Å². The first kappa shape index (κ1) is 20.0. The fraction of sp³-hybridized carbons (Fsp3) is 0.286. The zero-order valence-corrected chi connectivity index (χ0v) is 18.9. The molecule has 1 aliphatic carbocycles. The van der Waals surface area contributed by atoms with Crippen LogP contribution in [0.3, 0.4) is 0 Å². The van der Waals surface area contributed by atoms with E-state index in [-0.39, 0.29) is 0 Å². The average Bonchev–Trinajstić information content (AvgIpc) is 3.52. The van der Waals surface area contributed by atoms with Crippen molar-refractivity contribution in [3.63, 3.8) is 0 Å². The number of anilines is 3. The first-order chi connectivity index (χ1) is 13.9. The van der Waals surface area contributed by atoms with E-state index in [1.54, 1.807) is 25.6 Å². The summed E-state index contributed by atoms with van der Waals surface area (Å²) in [5.74, 6) is 1.67. The smallest absolute Gasteiger partial charge is 0.224 e. The molecule has 2 heterocycles. The van der Waals surface area contributed by atoms with Crippen molar-refractivity contribution in [2.45, 2.75) is 18.8 Å². The van der Waals surface area contributed by atoms with Gasteiger partial charge in [-0.1, -0.05) is 12.1 Å². The van der Waals surface area contributed by atoms with Crippen molar-refractivity contribution >= 4 is 56.7 Å². The number of pyridine rings is 1. The van der Waals surface area contributed by atoms with Crippen molar-refractivity contribution in [2.75, 3.05) is 30.5 Å². The Kier molecular flexibility index (Phi) is 5.45. The van der Waals surface area contributed by atoms with Crippen molar-refractivity contribution in [3.05, 3.63) is 53.3 Å². The van der Waals surface area contributed by atoms with Crippen molar-refractivity contribution in [1.82, 2.24) is 15.0 Å². The Labute approximate surface area is 178 Å². The lowest BCUT2D eigenvalue weighted by molar-refractivity contribution is 0.588. The molecule has 0 atom stereocenters. The number of nitrogens with zero attached hydrogens (tertiary/aromatic N) is 3. The van der Waals surface area contributed by atoms with Gasteiger partial charge in [-0.05, 0) is 60.3 Å². The van der Waals surface area contributed by atoms with Crippen LogP contribution in [0.1, 0.15) is 24.5 Å². The van der Waals surface area contributed by atoms with E-state index in [0.29, 0.717) is 24.2 Å². The van der Waals surface area contributed by atoms with Gasteiger partial charge >= 0.3 is 0 Å². The summed E-state index contributed by atoms with van der Waals surface area (Å²) in [4.78, 5) is 13.6. The second-order valence-electron chi connectivity index (χ2n) is 7.57. The van der Waals surface area contributed by atoms with Crippen LogP contribution < -0.4 is 15.9 Å². The minimum atomic E-state index is -2.60. The van der Waals surface area contributed by atoms with Crippen LogP contribution >= 0.6 is 23.1 Å². The summed E-state index contributed by atoms with van der Waals surface area (Å²) in [6.07, 6.45) is 5.83. The molecule has 29 heavy (non-hydrogen) atoms. The summed E-state index contributed by atoms with van der Waals surface area (Å²) in [6, 6.07) is 8.05. The van der Waals surface area contributed by atoms with Crippen LogP contribution in [0.5, 0.6) is 0 Å². The average molecular weight is 472 g/mol. The molecule has 6 nitrogen and oxygen atoms in total. The first-order valence-corrected chi connectivity index (χ1v) is 12.9. The van der Waals surface area contributed by atoms with Gasteiger partial charge in [-0.15, -0.1) is 6.58 Å². The lowest BCUT2D eigenvalue weighted by atomic mass is 10.1. The molecule has 2 aromatic heterocycles. The third-order valence-corrected chi connectivity index (χ3v) is 6.94. The van der Waals surface area contributed by atoms with Gasteiger partial charge in [0.25, 0.3) is 0 Å². The third kappa shape index (κ3) is 4.36. The Morgan fingerprint density at radius 2 is 2.03 bits per heavy atom. The summed E-state index contributed by atoms with van der Waals surface area (Å²) in [6.45, 7) is 7.83. The van der Waals surface area contributed by atoms with E-state index >= 15 is 0 Å². The molecule has 1 aliphatic rings. The molecule has 0 amide bonds. The van der Waals surface area contributed by atoms with Crippen LogP contribution in [-0.4, -0.2) is 34.8 Å². The minimum absolute atomic E-state index is 0.491. The molecular formula is C21H23BrN5OP. The van der Waals surface area contributed by atoms with Crippen molar-refractivity contribution < 1.29 is 4.57 Å². The highest BCUT2D eigenvalue weighted by atomic mass is 79.9. The largest absolute Gasteiger partial charge is 0.351 e. The molecule has 0 unspecified atom stereocenters. The first-order valence-electron chi connectivity index (χ1n) is 9.50. The molecule has 1 saturated carbocycles. The monoisotopic (exact) mass is 471 g/mol. The van der Waals surface area contributed by atoms with Crippen molar-refractivity contribution in [2.24, 2.45) is 0 Å². The highest BCUT2D eigenvalue weighted by Gasteiger charge is 2.26. The maximum absolute atomic E-state index is 13.2. The molecule has 4 rings (SSSR count). The van der Waals surface area contributed by atoms with Gasteiger partial charge in [-0.2, -0.15) is 4.98 Å². The summed E-state index contributed by atoms with van der Waals surface area (Å²) < 4.78 is 13.9. The number of rotatable bonds is 7. The standard InChI is InChI=1S/C21H23BrN5OP/c1-4-11-23-21-24-12-15(22)20(27-21)26-18-10-9-17-14(19(18)29(2,3)28)7-8-16(25-17)13-5-6-13/h4,7-10,12-13H,1,5-6,11H2,2-3H3,(H2,23,24,26,27). The van der Waals surface area contributed by atoms with Gasteiger partial charge in [0, 0.05) is 35.0 Å². The van der Waals surface area contributed by atoms with E-state index in [1.807, 2.05) is 12.1 Å². The number of halogens is 1. The number of fused-ring (bicyclic) bond motifs is 1. The molecule has 0 radical (unpaired) electrons. The molecule has 1 aromatic carbocycles. The van der Waals surface area contributed by atoms with E-state index in [9.17, 15) is 4.57 Å². The molecule has 1 fully saturated rings. The molecule has 150 valence electrons. The van der Waals surface area contributed by atoms with Crippen LogP contribution in [0.25, 0.3) is 10.9 Å². The fourth-order valence-corrected chi connectivity index (χ4v) is 5.09. The number of hydrogen-bond acceptors (Lipinski definition) is 6. The van der Waals surface area contributed by atoms with E-state index in [1.165, 1.54) is 12.8 Å². The number of benzene rings is 1. The van der Waals surface area contributed by atoms with Gasteiger partial charge in [0.15, 0.2) is 0 Å². The van der Waals surface area contributed by atoms with Crippen LogP contribution in [0.4, 0.5) is 17.5 Å². The zero-order valence-electron chi connectivity index (χ0n) is 16.4. The summed E-state index contributed by atoms with van der Waals surface area (Å²) in [7, 11) is -2.60. The number of nitrogens with one attached hydrogen (secondary N) is 2. The van der Waals surface area contributed by atoms with Gasteiger partial charge in [-0.25, -0.2) is 4.98 Å². The molecular weight excluding hydrogens is 449 g/mol. The number of hydrogen-bond donors (Lipinski definition) is 2. The summed E-state index contributed by atoms with van der Waals surface area (Å²) in [5, 5.41) is 8.13. The summed E-state index contributed by atoms with van der Waals surface area (Å²) in [5.41, 5.74) is 2.78. The Hall–Kier alpha value is -2.24. The Morgan fingerprint density at radius 3 is 2.72 bits per heavy atom. The SMILES string of the molecule is C=CCNc1ncc(Br)c(Nc2ccc3nc(C4CC4)ccc3c2P(C)(C)=O)n1. The van der Waals surface area contributed by atoms with Crippen molar-refractivity contribution in [1.29, 1.82) is 0 Å². The molecule has 0 spiro atoms. The molecule has 8 heteroatoms. The van der Waals surface area contributed by atoms with Crippen molar-refractivity contribution in [3.8, 4) is 0 Å². The van der Waals surface area contributed by atoms with E-state index in [4.69, 9.17) is 4.98 Å². The quantitative estimate of drug-likeness (QED) is 0.361. The van der Waals surface area contributed by atoms with Crippen LogP contribution in [0.15, 0.2) is 47.6 Å². The normalized spacial score (nSPS) is 14.0. The minimum Gasteiger partial charge on any atom is -0.351 e. The molecule has 2 N–H and O–H groups in total. The van der Waals surface area contributed by atoms with E-state index in [2.05, 4.69) is 55.2 Å². The number of aromatic nitrogens is 3. The molecule has 0 bridgehead atoms. The lowest BCUT2D eigenvalue weighted by Crippen LogP contribution is -2.13. The molecule has 0 aliphatic heterocycles. The topological polar surface area (TPSA) is 79.8 Å². The highest BCUT2D eigenvalue weighted by molar-refractivity contribution is 9.10. The second-order valence-corrected chi connectivity index (χ2v) is 11.6. The molecule has 0 saturated heterocycles. The highest BCUT2D eigenvalue weighted by Crippen LogP contribution is 2.43. The predicted molar refractivity (Wildman–Crippen MR) is 125 cm³/mol. The Balaban J connectivity index is 1.78. The maximum atomic E-state index is 13.2. The van der Waals surface area contributed by atoms with E-state index < -0.39 is 7.14 Å². The predicted octanol–water partition coefficient (Wildman–Crippen LogP) is 5.25. The maximum Gasteiger partial charge on any atom is 0.224 e. The fourth-order valence-electron chi connectivity index (χ4n) is 3.32. The molecule has 3 aromatic rings. The lowest BCUT2D eigenvalue weighted by Gasteiger charge is -2.18. The summed E-state index contributed by atoms with van der Waals surface area (Å²) >= 11 is 3.50.